The third kappa shape index (κ3) is 6.08. The zero-order chi connectivity index (χ0) is 17.0. The molecule has 0 radical (unpaired) electrons. The van der Waals surface area contributed by atoms with E-state index < -0.39 is 0 Å². The fourth-order valence-electron chi connectivity index (χ4n) is 2.70. The summed E-state index contributed by atoms with van der Waals surface area (Å²) in [5.74, 6) is 0.605. The smallest absolute Gasteiger partial charge is 0.00456 e. The monoisotopic (exact) mass is 290 g/mol. The Bertz CT molecular complexity index is 399. The molecule has 1 aromatic carbocycles. The van der Waals surface area contributed by atoms with E-state index in [1.807, 2.05) is 41.5 Å². The highest BCUT2D eigenvalue weighted by Crippen LogP contribution is 2.37. The van der Waals surface area contributed by atoms with E-state index in [1.165, 1.54) is 41.5 Å². The van der Waals surface area contributed by atoms with Gasteiger partial charge >= 0.3 is 0 Å². The van der Waals surface area contributed by atoms with Crippen molar-refractivity contribution < 1.29 is 0 Å². The lowest BCUT2D eigenvalue weighted by atomic mass is 9.77. The van der Waals surface area contributed by atoms with Gasteiger partial charge in [0.25, 0.3) is 0 Å². The second-order valence-electron chi connectivity index (χ2n) is 4.87. The molecule has 1 unspecified atom stereocenters. The van der Waals surface area contributed by atoms with Crippen LogP contribution in [0.15, 0.2) is 24.3 Å². The molecule has 0 aliphatic heterocycles. The van der Waals surface area contributed by atoms with Crippen LogP contribution in [0.1, 0.15) is 89.5 Å². The molecule has 0 nitrogen and oxygen atoms in total. The average Bonchev–Trinajstić information content (AvgIpc) is 2.56. The van der Waals surface area contributed by atoms with Crippen molar-refractivity contribution in [3.05, 3.63) is 46.5 Å². The zero-order valence-electron chi connectivity index (χ0n) is 16.1. The molecule has 0 spiro atoms. The highest BCUT2D eigenvalue weighted by molar-refractivity contribution is 5.45. The standard InChI is InChI=1S/C15H20.3C2H6/c1-10(2)13-6-5-7-14-12(4)11(3)8-9-15(13)14;3*1-2/h8-9,13H,1,5-7H2,2-4H3;3*1-2H3. The number of benzene rings is 1. The first-order valence-corrected chi connectivity index (χ1v) is 8.85. The van der Waals surface area contributed by atoms with Crippen LogP contribution in [0.25, 0.3) is 0 Å². The van der Waals surface area contributed by atoms with Gasteiger partial charge in [0.1, 0.15) is 0 Å². The van der Waals surface area contributed by atoms with Gasteiger partial charge in [0, 0.05) is 5.92 Å². The van der Waals surface area contributed by atoms with E-state index in [0.717, 1.165) is 0 Å². The molecule has 1 aromatic rings. The highest BCUT2D eigenvalue weighted by atomic mass is 14.3. The Morgan fingerprint density at radius 1 is 1.00 bits per heavy atom. The molecule has 0 aromatic heterocycles. The van der Waals surface area contributed by atoms with Crippen molar-refractivity contribution in [1.29, 1.82) is 0 Å². The van der Waals surface area contributed by atoms with Crippen molar-refractivity contribution >= 4 is 0 Å². The summed E-state index contributed by atoms with van der Waals surface area (Å²) in [5.41, 5.74) is 7.37. The molecule has 0 heteroatoms. The van der Waals surface area contributed by atoms with Gasteiger partial charge in [-0.25, -0.2) is 0 Å². The summed E-state index contributed by atoms with van der Waals surface area (Å²) in [6, 6.07) is 4.58. The summed E-state index contributed by atoms with van der Waals surface area (Å²) in [7, 11) is 0. The minimum atomic E-state index is 0.605. The van der Waals surface area contributed by atoms with Gasteiger partial charge in [0.15, 0.2) is 0 Å². The molecule has 1 aliphatic rings. The predicted octanol–water partition coefficient (Wildman–Crippen LogP) is 7.38. The fraction of sp³-hybridized carbons (Fsp3) is 0.619. The summed E-state index contributed by atoms with van der Waals surface area (Å²) in [6.07, 6.45) is 3.85. The molecule has 0 bridgehead atoms. The maximum absolute atomic E-state index is 4.13. The molecule has 1 aliphatic carbocycles. The Morgan fingerprint density at radius 3 is 2.00 bits per heavy atom. The van der Waals surface area contributed by atoms with Crippen LogP contribution in [-0.2, 0) is 6.42 Å². The molecule has 0 saturated carbocycles. The maximum atomic E-state index is 4.13. The second kappa shape index (κ2) is 12.7. The topological polar surface area (TPSA) is 0 Å². The van der Waals surface area contributed by atoms with E-state index in [9.17, 15) is 0 Å². The van der Waals surface area contributed by atoms with Crippen molar-refractivity contribution in [2.24, 2.45) is 0 Å². The van der Waals surface area contributed by atoms with Gasteiger partial charge in [-0.1, -0.05) is 65.8 Å². The predicted molar refractivity (Wildman–Crippen MR) is 100 cm³/mol. The van der Waals surface area contributed by atoms with Gasteiger partial charge in [0.05, 0.1) is 0 Å². The lowest BCUT2D eigenvalue weighted by Gasteiger charge is -2.28. The number of fused-ring (bicyclic) bond motifs is 1. The molecule has 122 valence electrons. The lowest BCUT2D eigenvalue weighted by molar-refractivity contribution is 0.606. The highest BCUT2D eigenvalue weighted by Gasteiger charge is 2.22. The quantitative estimate of drug-likeness (QED) is 0.473. The molecular formula is C21H38. The minimum absolute atomic E-state index is 0.605. The molecule has 0 N–H and O–H groups in total. The van der Waals surface area contributed by atoms with E-state index >= 15 is 0 Å². The van der Waals surface area contributed by atoms with E-state index in [2.05, 4.69) is 39.5 Å². The number of hydrogen-bond acceptors (Lipinski definition) is 0. The van der Waals surface area contributed by atoms with Crippen LogP contribution in [0.4, 0.5) is 0 Å². The average molecular weight is 291 g/mol. The molecule has 2 rings (SSSR count). The Hall–Kier alpha value is -1.04. The number of allylic oxidation sites excluding steroid dienone is 1. The van der Waals surface area contributed by atoms with Crippen LogP contribution in [0.5, 0.6) is 0 Å². The third-order valence-corrected chi connectivity index (χ3v) is 3.80. The van der Waals surface area contributed by atoms with Crippen molar-refractivity contribution in [2.45, 2.75) is 87.5 Å². The summed E-state index contributed by atoms with van der Waals surface area (Å²) in [4.78, 5) is 0. The molecular weight excluding hydrogens is 252 g/mol. The summed E-state index contributed by atoms with van der Waals surface area (Å²) in [6.45, 7) is 22.8. The summed E-state index contributed by atoms with van der Waals surface area (Å²) < 4.78 is 0. The van der Waals surface area contributed by atoms with Crippen LogP contribution >= 0.6 is 0 Å². The molecule has 1 atom stereocenters. The van der Waals surface area contributed by atoms with E-state index in [0.29, 0.717) is 5.92 Å². The van der Waals surface area contributed by atoms with Crippen LogP contribution in [-0.4, -0.2) is 0 Å². The number of hydrogen-bond donors (Lipinski definition) is 0. The van der Waals surface area contributed by atoms with Gasteiger partial charge < -0.3 is 0 Å². The molecule has 21 heavy (non-hydrogen) atoms. The van der Waals surface area contributed by atoms with Crippen molar-refractivity contribution in [3.8, 4) is 0 Å². The Balaban J connectivity index is 0. The number of rotatable bonds is 1. The van der Waals surface area contributed by atoms with Crippen LogP contribution < -0.4 is 0 Å². The molecule has 0 amide bonds. The van der Waals surface area contributed by atoms with E-state index in [1.54, 1.807) is 5.56 Å². The van der Waals surface area contributed by atoms with Crippen LogP contribution in [0.3, 0.4) is 0 Å². The summed E-state index contributed by atoms with van der Waals surface area (Å²) in [5, 5.41) is 0. The SMILES string of the molecule is C=C(C)C1CCCc2c1ccc(C)c2C.CC.CC.CC. The minimum Gasteiger partial charge on any atom is -0.0995 e. The first-order chi connectivity index (χ1) is 10.1. The Kier molecular flexibility index (Phi) is 13.4. The number of aryl methyl sites for hydroxylation is 1. The lowest BCUT2D eigenvalue weighted by Crippen LogP contribution is -2.12. The maximum Gasteiger partial charge on any atom is 0.00456 e. The van der Waals surface area contributed by atoms with Crippen molar-refractivity contribution in [1.82, 2.24) is 0 Å². The second-order valence-corrected chi connectivity index (χ2v) is 4.87. The van der Waals surface area contributed by atoms with E-state index in [4.69, 9.17) is 0 Å². The summed E-state index contributed by atoms with van der Waals surface area (Å²) >= 11 is 0. The fourth-order valence-corrected chi connectivity index (χ4v) is 2.70. The van der Waals surface area contributed by atoms with Gasteiger partial charge in [-0.15, -0.1) is 0 Å². The first-order valence-electron chi connectivity index (χ1n) is 8.85. The molecule has 0 heterocycles. The largest absolute Gasteiger partial charge is 0.0995 e. The van der Waals surface area contributed by atoms with Crippen LogP contribution in [0.2, 0.25) is 0 Å². The van der Waals surface area contributed by atoms with Crippen LogP contribution in [0, 0.1) is 13.8 Å². The van der Waals surface area contributed by atoms with Crippen molar-refractivity contribution in [2.75, 3.05) is 0 Å². The molecule has 0 saturated heterocycles. The van der Waals surface area contributed by atoms with Gasteiger partial charge in [-0.05, 0) is 62.3 Å². The van der Waals surface area contributed by atoms with Crippen molar-refractivity contribution in [3.63, 3.8) is 0 Å². The first kappa shape index (κ1) is 22.2. The third-order valence-electron chi connectivity index (χ3n) is 3.80. The Labute approximate surface area is 134 Å². The zero-order valence-corrected chi connectivity index (χ0v) is 16.1. The molecule has 0 fully saturated rings. The van der Waals surface area contributed by atoms with Gasteiger partial charge in [0.2, 0.25) is 0 Å². The Morgan fingerprint density at radius 2 is 1.52 bits per heavy atom. The van der Waals surface area contributed by atoms with Gasteiger partial charge in [-0.2, -0.15) is 0 Å². The van der Waals surface area contributed by atoms with E-state index in [-0.39, 0.29) is 0 Å². The normalized spacial score (nSPS) is 15.0. The van der Waals surface area contributed by atoms with Gasteiger partial charge in [-0.3, -0.25) is 0 Å².